The average Bonchev–Trinajstić information content (AvgIpc) is 3.12. The zero-order valence-corrected chi connectivity index (χ0v) is 16.3. The summed E-state index contributed by atoms with van der Waals surface area (Å²) in [6.45, 7) is 2.83. The predicted octanol–water partition coefficient (Wildman–Crippen LogP) is 5.30. The number of anilines is 1. The lowest BCUT2D eigenvalue weighted by Gasteiger charge is -2.24. The van der Waals surface area contributed by atoms with E-state index in [0.29, 0.717) is 18.9 Å². The smallest absolute Gasteiger partial charge is 0.227 e. The largest absolute Gasteiger partial charge is 0.308 e. The molecule has 28 heavy (non-hydrogen) atoms. The lowest BCUT2D eigenvalue weighted by atomic mass is 10.0. The predicted molar refractivity (Wildman–Crippen MR) is 113 cm³/mol. The molecule has 1 atom stereocenters. The van der Waals surface area contributed by atoms with Gasteiger partial charge in [-0.3, -0.25) is 9.78 Å². The van der Waals surface area contributed by atoms with Crippen molar-refractivity contribution in [2.75, 3.05) is 4.90 Å². The summed E-state index contributed by atoms with van der Waals surface area (Å²) < 4.78 is 0. The molecule has 0 saturated carbocycles. The van der Waals surface area contributed by atoms with Gasteiger partial charge in [0.25, 0.3) is 0 Å². The van der Waals surface area contributed by atoms with Gasteiger partial charge in [0.2, 0.25) is 5.91 Å². The molecule has 3 aromatic rings. The van der Waals surface area contributed by atoms with Crippen molar-refractivity contribution in [3.05, 3.63) is 95.3 Å². The topological polar surface area (TPSA) is 33.2 Å². The zero-order chi connectivity index (χ0) is 19.3. The van der Waals surface area contributed by atoms with E-state index in [9.17, 15) is 4.79 Å². The van der Waals surface area contributed by atoms with Crippen LogP contribution in [0.25, 0.3) is 0 Å². The fourth-order valence-corrected chi connectivity index (χ4v) is 3.99. The molecule has 3 nitrogen and oxygen atoms in total. The molecule has 1 heterocycles. The summed E-state index contributed by atoms with van der Waals surface area (Å²) in [6, 6.07) is 20.7. The van der Waals surface area contributed by atoms with Crippen LogP contribution in [0.2, 0.25) is 0 Å². The maximum atomic E-state index is 13.2. The number of fused-ring (bicyclic) bond motifs is 1. The third-order valence-electron chi connectivity index (χ3n) is 5.65. The van der Waals surface area contributed by atoms with E-state index in [4.69, 9.17) is 0 Å². The Bertz CT molecular complexity index is 937. The number of amides is 1. The molecule has 0 fully saturated rings. The van der Waals surface area contributed by atoms with Crippen molar-refractivity contribution in [1.29, 1.82) is 0 Å². The quantitative estimate of drug-likeness (QED) is 0.590. The zero-order valence-electron chi connectivity index (χ0n) is 16.3. The summed E-state index contributed by atoms with van der Waals surface area (Å²) in [4.78, 5) is 19.3. The first kappa shape index (κ1) is 18.4. The van der Waals surface area contributed by atoms with Crippen LogP contribution in [0.5, 0.6) is 0 Å². The fourth-order valence-electron chi connectivity index (χ4n) is 3.99. The first-order valence-electron chi connectivity index (χ1n) is 10.1. The van der Waals surface area contributed by atoms with Crippen molar-refractivity contribution in [2.24, 2.45) is 0 Å². The number of hydrogen-bond donors (Lipinski definition) is 0. The number of hydrogen-bond acceptors (Lipinski definition) is 2. The number of aromatic nitrogens is 1. The second-order valence-corrected chi connectivity index (χ2v) is 7.65. The van der Waals surface area contributed by atoms with E-state index in [1.54, 1.807) is 6.20 Å². The molecule has 0 N–H and O–H groups in total. The summed E-state index contributed by atoms with van der Waals surface area (Å²) in [7, 11) is 0. The molecule has 0 radical (unpaired) electrons. The Morgan fingerprint density at radius 2 is 1.89 bits per heavy atom. The number of nitrogens with zero attached hydrogens (tertiary/aromatic N) is 2. The minimum absolute atomic E-state index is 0.151. The Labute approximate surface area is 167 Å². The maximum absolute atomic E-state index is 13.2. The lowest BCUT2D eigenvalue weighted by Crippen LogP contribution is -2.30. The van der Waals surface area contributed by atoms with Crippen molar-refractivity contribution in [1.82, 2.24) is 4.98 Å². The highest BCUT2D eigenvalue weighted by Gasteiger charge is 2.22. The summed E-state index contributed by atoms with van der Waals surface area (Å²) >= 11 is 0. The van der Waals surface area contributed by atoms with Crippen molar-refractivity contribution in [2.45, 2.75) is 45.1 Å². The van der Waals surface area contributed by atoms with Crippen molar-refractivity contribution < 1.29 is 4.79 Å². The molecular formula is C25H26N2O. The summed E-state index contributed by atoms with van der Waals surface area (Å²) in [5, 5.41) is 0. The van der Waals surface area contributed by atoms with Crippen LogP contribution < -0.4 is 4.90 Å². The minimum Gasteiger partial charge on any atom is -0.308 e. The van der Waals surface area contributed by atoms with Crippen LogP contribution in [0.4, 0.5) is 5.69 Å². The van der Waals surface area contributed by atoms with E-state index in [1.165, 1.54) is 23.1 Å². The summed E-state index contributed by atoms with van der Waals surface area (Å²) in [5.74, 6) is 0.716. The molecule has 3 heteroatoms. The van der Waals surface area contributed by atoms with Gasteiger partial charge >= 0.3 is 0 Å². The molecule has 0 bridgehead atoms. The van der Waals surface area contributed by atoms with Gasteiger partial charge in [0, 0.05) is 24.5 Å². The maximum Gasteiger partial charge on any atom is 0.227 e. The Balaban J connectivity index is 1.58. The first-order valence-corrected chi connectivity index (χ1v) is 10.1. The van der Waals surface area contributed by atoms with Crippen LogP contribution in [-0.2, 0) is 24.2 Å². The number of carbonyl (C=O) groups is 1. The van der Waals surface area contributed by atoms with Gasteiger partial charge in [-0.1, -0.05) is 49.4 Å². The molecule has 4 rings (SSSR count). The van der Waals surface area contributed by atoms with E-state index in [0.717, 1.165) is 24.1 Å². The molecule has 1 aliphatic carbocycles. The third-order valence-corrected chi connectivity index (χ3v) is 5.65. The fraction of sp³-hybridized carbons (Fsp3) is 0.280. The molecule has 0 spiro atoms. The van der Waals surface area contributed by atoms with Gasteiger partial charge in [-0.25, -0.2) is 0 Å². The van der Waals surface area contributed by atoms with E-state index in [1.807, 2.05) is 41.4 Å². The SMILES string of the molecule is CC1CCc2ccc(N(Cc3cccnc3)C(=O)CCc3ccccc3)cc21. The molecule has 1 amide bonds. The molecule has 1 unspecified atom stereocenters. The van der Waals surface area contributed by atoms with Crippen molar-refractivity contribution >= 4 is 11.6 Å². The van der Waals surface area contributed by atoms with Gasteiger partial charge in [0.05, 0.1) is 6.54 Å². The van der Waals surface area contributed by atoms with Gasteiger partial charge in [0.15, 0.2) is 0 Å². The van der Waals surface area contributed by atoms with Crippen LogP contribution in [0.1, 0.15) is 47.9 Å². The minimum atomic E-state index is 0.151. The van der Waals surface area contributed by atoms with Crippen LogP contribution in [0.3, 0.4) is 0 Å². The third kappa shape index (κ3) is 4.14. The summed E-state index contributed by atoms with van der Waals surface area (Å²) in [5.41, 5.74) is 6.05. The van der Waals surface area contributed by atoms with Crippen LogP contribution in [-0.4, -0.2) is 10.9 Å². The highest BCUT2D eigenvalue weighted by molar-refractivity contribution is 5.93. The van der Waals surface area contributed by atoms with Gasteiger partial charge in [-0.05, 0) is 65.6 Å². The lowest BCUT2D eigenvalue weighted by molar-refractivity contribution is -0.118. The number of benzene rings is 2. The Kier molecular flexibility index (Phi) is 5.52. The highest BCUT2D eigenvalue weighted by atomic mass is 16.2. The monoisotopic (exact) mass is 370 g/mol. The van der Waals surface area contributed by atoms with Gasteiger partial charge in [0.1, 0.15) is 0 Å². The average molecular weight is 370 g/mol. The second-order valence-electron chi connectivity index (χ2n) is 7.65. The molecule has 1 aliphatic rings. The Morgan fingerprint density at radius 3 is 2.68 bits per heavy atom. The molecular weight excluding hydrogens is 344 g/mol. The van der Waals surface area contributed by atoms with Gasteiger partial charge in [-0.2, -0.15) is 0 Å². The van der Waals surface area contributed by atoms with Gasteiger partial charge in [-0.15, -0.1) is 0 Å². The van der Waals surface area contributed by atoms with E-state index < -0.39 is 0 Å². The highest BCUT2D eigenvalue weighted by Crippen LogP contribution is 2.35. The first-order chi connectivity index (χ1) is 13.7. The van der Waals surface area contributed by atoms with Crippen LogP contribution in [0.15, 0.2) is 73.1 Å². The number of rotatable bonds is 6. The van der Waals surface area contributed by atoms with E-state index >= 15 is 0 Å². The van der Waals surface area contributed by atoms with Crippen LogP contribution in [0, 0.1) is 0 Å². The van der Waals surface area contributed by atoms with E-state index in [2.05, 4.69) is 42.2 Å². The molecule has 0 aliphatic heterocycles. The second kappa shape index (κ2) is 8.39. The number of pyridine rings is 1. The molecule has 142 valence electrons. The molecule has 2 aromatic carbocycles. The van der Waals surface area contributed by atoms with E-state index in [-0.39, 0.29) is 5.91 Å². The Hall–Kier alpha value is -2.94. The molecule has 1 aromatic heterocycles. The Morgan fingerprint density at radius 1 is 1.07 bits per heavy atom. The van der Waals surface area contributed by atoms with Crippen LogP contribution >= 0.6 is 0 Å². The summed E-state index contributed by atoms with van der Waals surface area (Å²) in [6.07, 6.45) is 7.20. The van der Waals surface area contributed by atoms with Crippen molar-refractivity contribution in [3.8, 4) is 0 Å². The molecule has 0 saturated heterocycles. The van der Waals surface area contributed by atoms with Crippen molar-refractivity contribution in [3.63, 3.8) is 0 Å². The number of carbonyl (C=O) groups excluding carboxylic acids is 1. The standard InChI is InChI=1S/C25H26N2O/c1-19-9-11-22-12-13-23(16-24(19)22)27(18-21-8-5-15-26-17-21)25(28)14-10-20-6-3-2-4-7-20/h2-8,12-13,15-17,19H,9-11,14,18H2,1H3. The normalized spacial score (nSPS) is 15.2. The van der Waals surface area contributed by atoms with Gasteiger partial charge < -0.3 is 4.90 Å². The number of aryl methyl sites for hydroxylation is 2.